The molecule has 2 rings (SSSR count). The van der Waals surface area contributed by atoms with E-state index in [2.05, 4.69) is 5.32 Å². The van der Waals surface area contributed by atoms with Crippen molar-refractivity contribution < 1.29 is 14.3 Å². The maximum Gasteiger partial charge on any atom is 0.256 e. The second kappa shape index (κ2) is 6.41. The third kappa shape index (κ3) is 3.61. The predicted octanol–water partition coefficient (Wildman–Crippen LogP) is 2.81. The van der Waals surface area contributed by atoms with Gasteiger partial charge in [0.05, 0.1) is 12.2 Å². The van der Waals surface area contributed by atoms with Crippen molar-refractivity contribution in [1.82, 2.24) is 0 Å². The summed E-state index contributed by atoms with van der Waals surface area (Å²) in [5, 5.41) is 3.19. The highest BCUT2D eigenvalue weighted by Crippen LogP contribution is 2.28. The predicted molar refractivity (Wildman–Crippen MR) is 83.1 cm³/mol. The molecule has 5 nitrogen and oxygen atoms in total. The number of hydrogen-bond acceptors (Lipinski definition) is 4. The number of anilines is 1. The van der Waals surface area contributed by atoms with Crippen LogP contribution in [0, 0.1) is 6.92 Å². The lowest BCUT2D eigenvalue weighted by Crippen LogP contribution is -2.16. The molecule has 0 aliphatic carbocycles. The SMILES string of the molecule is CCOc1cccc(C(=O)Nc2sc(C)cc2C(N)=O)c1. The molecular formula is C15H16N2O3S. The van der Waals surface area contributed by atoms with E-state index in [0.717, 1.165) is 4.88 Å². The van der Waals surface area contributed by atoms with Gasteiger partial charge in [-0.3, -0.25) is 9.59 Å². The van der Waals surface area contributed by atoms with Gasteiger partial charge in [-0.2, -0.15) is 0 Å². The largest absolute Gasteiger partial charge is 0.494 e. The van der Waals surface area contributed by atoms with Gasteiger partial charge in [-0.1, -0.05) is 6.07 Å². The number of aryl methyl sites for hydroxylation is 1. The summed E-state index contributed by atoms with van der Waals surface area (Å²) in [6.45, 7) is 4.25. The summed E-state index contributed by atoms with van der Waals surface area (Å²) in [6.07, 6.45) is 0. The Hall–Kier alpha value is -2.34. The Balaban J connectivity index is 2.22. The van der Waals surface area contributed by atoms with Gasteiger partial charge in [0.1, 0.15) is 10.8 Å². The van der Waals surface area contributed by atoms with Gasteiger partial charge in [0.15, 0.2) is 0 Å². The molecule has 0 radical (unpaired) electrons. The Kier molecular flexibility index (Phi) is 4.59. The minimum atomic E-state index is -0.558. The summed E-state index contributed by atoms with van der Waals surface area (Å²) in [6, 6.07) is 8.53. The number of carbonyl (C=O) groups excluding carboxylic acids is 2. The second-order valence-electron chi connectivity index (χ2n) is 4.38. The zero-order chi connectivity index (χ0) is 15.4. The van der Waals surface area contributed by atoms with Crippen molar-refractivity contribution in [2.24, 2.45) is 5.73 Å². The molecule has 0 unspecified atom stereocenters. The molecule has 0 aliphatic rings. The molecule has 21 heavy (non-hydrogen) atoms. The fourth-order valence-electron chi connectivity index (χ4n) is 1.86. The molecule has 2 amide bonds. The number of ether oxygens (including phenoxy) is 1. The molecule has 0 spiro atoms. The van der Waals surface area contributed by atoms with Crippen LogP contribution in [0.25, 0.3) is 0 Å². The summed E-state index contributed by atoms with van der Waals surface area (Å²) < 4.78 is 5.36. The third-order valence-corrected chi connectivity index (χ3v) is 3.72. The van der Waals surface area contributed by atoms with E-state index in [-0.39, 0.29) is 5.91 Å². The van der Waals surface area contributed by atoms with E-state index in [0.29, 0.717) is 28.5 Å². The number of carbonyl (C=O) groups is 2. The number of thiophene rings is 1. The zero-order valence-electron chi connectivity index (χ0n) is 11.8. The van der Waals surface area contributed by atoms with Crippen molar-refractivity contribution in [2.45, 2.75) is 13.8 Å². The normalized spacial score (nSPS) is 10.2. The number of primary amides is 1. The van der Waals surface area contributed by atoms with Gasteiger partial charge in [0.25, 0.3) is 11.8 Å². The smallest absolute Gasteiger partial charge is 0.256 e. The van der Waals surface area contributed by atoms with Crippen LogP contribution in [-0.2, 0) is 0 Å². The monoisotopic (exact) mass is 304 g/mol. The van der Waals surface area contributed by atoms with Crippen LogP contribution in [0.1, 0.15) is 32.5 Å². The van der Waals surface area contributed by atoms with Gasteiger partial charge in [-0.15, -0.1) is 11.3 Å². The highest BCUT2D eigenvalue weighted by Gasteiger charge is 2.15. The Morgan fingerprint density at radius 1 is 1.33 bits per heavy atom. The van der Waals surface area contributed by atoms with Crippen LogP contribution in [0.4, 0.5) is 5.00 Å². The first-order valence-electron chi connectivity index (χ1n) is 6.45. The highest BCUT2D eigenvalue weighted by atomic mass is 32.1. The van der Waals surface area contributed by atoms with Crippen LogP contribution in [0.3, 0.4) is 0 Å². The topological polar surface area (TPSA) is 81.4 Å². The lowest BCUT2D eigenvalue weighted by Gasteiger charge is -2.07. The summed E-state index contributed by atoms with van der Waals surface area (Å²) >= 11 is 1.32. The van der Waals surface area contributed by atoms with Crippen LogP contribution in [0.5, 0.6) is 5.75 Å². The number of nitrogens with one attached hydrogen (secondary N) is 1. The fraction of sp³-hybridized carbons (Fsp3) is 0.200. The zero-order valence-corrected chi connectivity index (χ0v) is 12.6. The van der Waals surface area contributed by atoms with E-state index in [1.165, 1.54) is 11.3 Å². The van der Waals surface area contributed by atoms with Gasteiger partial charge < -0.3 is 15.8 Å². The number of rotatable bonds is 5. The van der Waals surface area contributed by atoms with E-state index in [1.807, 2.05) is 13.8 Å². The lowest BCUT2D eigenvalue weighted by atomic mass is 10.2. The molecule has 0 saturated carbocycles. The van der Waals surface area contributed by atoms with Crippen LogP contribution in [0.15, 0.2) is 30.3 Å². The quantitative estimate of drug-likeness (QED) is 0.891. The van der Waals surface area contributed by atoms with Crippen LogP contribution >= 0.6 is 11.3 Å². The van der Waals surface area contributed by atoms with Gasteiger partial charge in [-0.05, 0) is 38.1 Å². The van der Waals surface area contributed by atoms with Crippen LogP contribution in [-0.4, -0.2) is 18.4 Å². The molecular weight excluding hydrogens is 288 g/mol. The Morgan fingerprint density at radius 3 is 2.76 bits per heavy atom. The first-order valence-corrected chi connectivity index (χ1v) is 7.27. The standard InChI is InChI=1S/C15H16N2O3S/c1-3-20-11-6-4-5-10(8-11)14(19)17-15-12(13(16)18)7-9(2)21-15/h4-8H,3H2,1-2H3,(H2,16,18)(H,17,19). The number of benzene rings is 1. The molecule has 0 fully saturated rings. The minimum absolute atomic E-state index is 0.305. The summed E-state index contributed by atoms with van der Waals surface area (Å²) in [5.74, 6) is -0.235. The number of nitrogens with two attached hydrogens (primary N) is 1. The van der Waals surface area contributed by atoms with Crippen LogP contribution in [0.2, 0.25) is 0 Å². The van der Waals surface area contributed by atoms with Crippen molar-refractivity contribution in [2.75, 3.05) is 11.9 Å². The molecule has 110 valence electrons. The maximum absolute atomic E-state index is 12.2. The van der Waals surface area contributed by atoms with Gasteiger partial charge >= 0.3 is 0 Å². The minimum Gasteiger partial charge on any atom is -0.494 e. The Labute approximate surface area is 126 Å². The van der Waals surface area contributed by atoms with Crippen molar-refractivity contribution in [3.63, 3.8) is 0 Å². The van der Waals surface area contributed by atoms with E-state index in [9.17, 15) is 9.59 Å². The van der Waals surface area contributed by atoms with Crippen LogP contribution < -0.4 is 15.8 Å². The molecule has 0 aliphatic heterocycles. The average Bonchev–Trinajstić information content (AvgIpc) is 2.80. The molecule has 0 atom stereocenters. The highest BCUT2D eigenvalue weighted by molar-refractivity contribution is 7.16. The van der Waals surface area contributed by atoms with E-state index >= 15 is 0 Å². The van der Waals surface area contributed by atoms with Crippen molar-refractivity contribution >= 4 is 28.2 Å². The molecule has 6 heteroatoms. The Morgan fingerprint density at radius 2 is 2.10 bits per heavy atom. The molecule has 1 heterocycles. The van der Waals surface area contributed by atoms with Crippen molar-refractivity contribution in [3.8, 4) is 5.75 Å². The first-order chi connectivity index (χ1) is 10.0. The maximum atomic E-state index is 12.2. The summed E-state index contributed by atoms with van der Waals surface area (Å²) in [7, 11) is 0. The molecule has 2 aromatic rings. The molecule has 1 aromatic carbocycles. The molecule has 3 N–H and O–H groups in total. The molecule has 1 aromatic heterocycles. The van der Waals surface area contributed by atoms with Crippen molar-refractivity contribution in [3.05, 3.63) is 46.3 Å². The Bertz CT molecular complexity index is 679. The van der Waals surface area contributed by atoms with Gasteiger partial charge in [0.2, 0.25) is 0 Å². The molecule has 0 bridgehead atoms. The third-order valence-electron chi connectivity index (χ3n) is 2.76. The van der Waals surface area contributed by atoms with Crippen molar-refractivity contribution in [1.29, 1.82) is 0 Å². The number of hydrogen-bond donors (Lipinski definition) is 2. The van der Waals surface area contributed by atoms with Gasteiger partial charge in [0, 0.05) is 10.4 Å². The van der Waals surface area contributed by atoms with E-state index in [1.54, 1.807) is 30.3 Å². The fourth-order valence-corrected chi connectivity index (χ4v) is 2.77. The first kappa shape index (κ1) is 15.1. The van der Waals surface area contributed by atoms with Gasteiger partial charge in [-0.25, -0.2) is 0 Å². The second-order valence-corrected chi connectivity index (χ2v) is 5.64. The van der Waals surface area contributed by atoms with E-state index < -0.39 is 5.91 Å². The van der Waals surface area contributed by atoms with E-state index in [4.69, 9.17) is 10.5 Å². The summed E-state index contributed by atoms with van der Waals surface area (Å²) in [5.41, 5.74) is 6.09. The summed E-state index contributed by atoms with van der Waals surface area (Å²) in [4.78, 5) is 24.5. The average molecular weight is 304 g/mol. The number of amides is 2. The lowest BCUT2D eigenvalue weighted by molar-refractivity contribution is 0.100. The molecule has 0 saturated heterocycles.